The minimum Gasteiger partial charge on any atom is -0.383 e. The molecule has 0 saturated heterocycles. The Morgan fingerprint density at radius 1 is 1.22 bits per heavy atom. The highest BCUT2D eigenvalue weighted by molar-refractivity contribution is 7.09. The molecule has 1 N–H and O–H groups in total. The van der Waals surface area contributed by atoms with Crippen molar-refractivity contribution < 1.29 is 5.11 Å². The van der Waals surface area contributed by atoms with E-state index in [2.05, 4.69) is 9.97 Å². The van der Waals surface area contributed by atoms with Crippen molar-refractivity contribution in [1.29, 1.82) is 0 Å². The molecule has 1 aromatic carbocycles. The molecule has 1 atom stereocenters. The summed E-state index contributed by atoms with van der Waals surface area (Å²) in [4.78, 5) is 9.26. The summed E-state index contributed by atoms with van der Waals surface area (Å²) < 4.78 is 0. The van der Waals surface area contributed by atoms with Crippen LogP contribution in [0.4, 0.5) is 0 Å². The van der Waals surface area contributed by atoms with Crippen molar-refractivity contribution in [2.24, 2.45) is 0 Å². The molecule has 3 nitrogen and oxygen atoms in total. The van der Waals surface area contributed by atoms with Crippen molar-refractivity contribution in [3.05, 3.63) is 58.3 Å². The third-order valence-corrected chi connectivity index (χ3v) is 4.01. The molecule has 2 heterocycles. The number of benzene rings is 1. The van der Waals surface area contributed by atoms with Crippen LogP contribution in [0.15, 0.2) is 42.2 Å². The van der Waals surface area contributed by atoms with Crippen LogP contribution >= 0.6 is 11.3 Å². The maximum Gasteiger partial charge on any atom is 0.117 e. The number of hydrogen-bond donors (Lipinski definition) is 1. The molecular formula is C14H12N2OS. The lowest BCUT2D eigenvalue weighted by atomic mass is 10.0. The Balaban J connectivity index is 2.18. The molecule has 0 aliphatic heterocycles. The first-order valence-corrected chi connectivity index (χ1v) is 6.56. The van der Waals surface area contributed by atoms with Crippen molar-refractivity contribution in [2.45, 2.75) is 13.0 Å². The Labute approximate surface area is 109 Å². The fraction of sp³-hybridized carbons (Fsp3) is 0.143. The zero-order valence-corrected chi connectivity index (χ0v) is 10.7. The lowest BCUT2D eigenvalue weighted by Crippen LogP contribution is -2.01. The van der Waals surface area contributed by atoms with E-state index in [1.807, 2.05) is 37.4 Å². The number of aliphatic hydroxyl groups is 1. The van der Waals surface area contributed by atoms with Crippen LogP contribution in [-0.2, 0) is 0 Å². The Morgan fingerprint density at radius 3 is 2.83 bits per heavy atom. The molecule has 0 amide bonds. The second-order valence-electron chi connectivity index (χ2n) is 4.15. The number of nitrogens with zero attached hydrogens (tertiary/aromatic N) is 2. The van der Waals surface area contributed by atoms with E-state index in [9.17, 15) is 5.11 Å². The van der Waals surface area contributed by atoms with Crippen molar-refractivity contribution in [1.82, 2.24) is 9.97 Å². The lowest BCUT2D eigenvalue weighted by Gasteiger charge is -2.12. The summed E-state index contributed by atoms with van der Waals surface area (Å²) in [5.41, 5.74) is 3.47. The minimum absolute atomic E-state index is 0.656. The molecule has 1 unspecified atom stereocenters. The topological polar surface area (TPSA) is 46.0 Å². The number of pyridine rings is 1. The molecule has 2 aromatic heterocycles. The normalized spacial score (nSPS) is 12.8. The standard InChI is InChI=1S/C14H12N2OS/c1-9-14(18-8-16-9)13(17)12-7-15-6-10-4-2-3-5-11(10)12/h2-8,13,17H,1H3. The molecule has 0 saturated carbocycles. The van der Waals surface area contributed by atoms with Crippen LogP contribution < -0.4 is 0 Å². The van der Waals surface area contributed by atoms with Gasteiger partial charge in [0.1, 0.15) is 6.10 Å². The van der Waals surface area contributed by atoms with Gasteiger partial charge in [0.05, 0.1) is 16.1 Å². The first-order chi connectivity index (χ1) is 8.77. The van der Waals surface area contributed by atoms with Crippen molar-refractivity contribution in [3.8, 4) is 0 Å². The molecule has 90 valence electrons. The summed E-state index contributed by atoms with van der Waals surface area (Å²) in [6.45, 7) is 1.91. The SMILES string of the molecule is Cc1ncsc1C(O)c1cncc2ccccc12. The molecule has 0 bridgehead atoms. The van der Waals surface area contributed by atoms with E-state index in [-0.39, 0.29) is 0 Å². The van der Waals surface area contributed by atoms with Crippen LogP contribution in [0.5, 0.6) is 0 Å². The number of aromatic nitrogens is 2. The van der Waals surface area contributed by atoms with Gasteiger partial charge in [-0.25, -0.2) is 4.98 Å². The molecular weight excluding hydrogens is 244 g/mol. The van der Waals surface area contributed by atoms with Crippen molar-refractivity contribution in [2.75, 3.05) is 0 Å². The predicted octanol–water partition coefficient (Wildman–Crippen LogP) is 3.08. The second-order valence-corrected chi connectivity index (χ2v) is 5.04. The van der Waals surface area contributed by atoms with Crippen LogP contribution in [0.2, 0.25) is 0 Å². The first-order valence-electron chi connectivity index (χ1n) is 5.68. The molecule has 0 aliphatic rings. The van der Waals surface area contributed by atoms with Gasteiger partial charge >= 0.3 is 0 Å². The fourth-order valence-electron chi connectivity index (χ4n) is 2.07. The van der Waals surface area contributed by atoms with Gasteiger partial charge in [0, 0.05) is 23.3 Å². The van der Waals surface area contributed by atoms with E-state index < -0.39 is 6.10 Å². The number of rotatable bonds is 2. The van der Waals surface area contributed by atoms with Gasteiger partial charge in [-0.1, -0.05) is 24.3 Å². The molecule has 0 radical (unpaired) electrons. The van der Waals surface area contributed by atoms with Crippen LogP contribution in [0.3, 0.4) is 0 Å². The van der Waals surface area contributed by atoms with Gasteiger partial charge in [0.15, 0.2) is 0 Å². The lowest BCUT2D eigenvalue weighted by molar-refractivity contribution is 0.224. The molecule has 3 rings (SSSR count). The van der Waals surface area contributed by atoms with E-state index in [1.54, 1.807) is 11.7 Å². The third kappa shape index (κ3) is 1.79. The number of aliphatic hydroxyl groups excluding tert-OH is 1. The Kier molecular flexibility index (Phi) is 2.81. The second kappa shape index (κ2) is 4.48. The monoisotopic (exact) mass is 256 g/mol. The summed E-state index contributed by atoms with van der Waals surface area (Å²) >= 11 is 1.47. The van der Waals surface area contributed by atoms with Gasteiger partial charge in [0.25, 0.3) is 0 Å². The smallest absolute Gasteiger partial charge is 0.117 e. The molecule has 0 spiro atoms. The highest BCUT2D eigenvalue weighted by Crippen LogP contribution is 2.31. The molecule has 3 aromatic rings. The van der Waals surface area contributed by atoms with Gasteiger partial charge < -0.3 is 5.11 Å². The largest absolute Gasteiger partial charge is 0.383 e. The van der Waals surface area contributed by atoms with Gasteiger partial charge in [-0.15, -0.1) is 11.3 Å². The Morgan fingerprint density at radius 2 is 2.06 bits per heavy atom. The maximum atomic E-state index is 10.5. The zero-order chi connectivity index (χ0) is 12.5. The number of aryl methyl sites for hydroxylation is 1. The average molecular weight is 256 g/mol. The molecule has 4 heteroatoms. The van der Waals surface area contributed by atoms with Crippen LogP contribution in [0.1, 0.15) is 22.2 Å². The van der Waals surface area contributed by atoms with Crippen molar-refractivity contribution >= 4 is 22.1 Å². The molecule has 0 fully saturated rings. The summed E-state index contributed by atoms with van der Waals surface area (Å²) in [5, 5.41) is 12.6. The van der Waals surface area contributed by atoms with E-state index in [4.69, 9.17) is 0 Å². The van der Waals surface area contributed by atoms with E-state index in [0.717, 1.165) is 26.9 Å². The van der Waals surface area contributed by atoms with Crippen molar-refractivity contribution in [3.63, 3.8) is 0 Å². The Bertz CT molecular complexity index is 688. The van der Waals surface area contributed by atoms with Gasteiger partial charge in [-0.3, -0.25) is 4.98 Å². The van der Waals surface area contributed by atoms with Gasteiger partial charge in [0.2, 0.25) is 0 Å². The molecule has 0 aliphatic carbocycles. The highest BCUT2D eigenvalue weighted by atomic mass is 32.1. The van der Waals surface area contributed by atoms with Crippen LogP contribution in [0, 0.1) is 6.92 Å². The van der Waals surface area contributed by atoms with E-state index in [0.29, 0.717) is 0 Å². The summed E-state index contributed by atoms with van der Waals surface area (Å²) in [5.74, 6) is 0. The molecule has 18 heavy (non-hydrogen) atoms. The third-order valence-electron chi connectivity index (χ3n) is 3.02. The Hall–Kier alpha value is -1.78. The number of fused-ring (bicyclic) bond motifs is 1. The fourth-order valence-corrected chi connectivity index (χ4v) is 2.88. The van der Waals surface area contributed by atoms with E-state index >= 15 is 0 Å². The van der Waals surface area contributed by atoms with E-state index in [1.165, 1.54) is 11.3 Å². The predicted molar refractivity (Wildman–Crippen MR) is 72.7 cm³/mol. The highest BCUT2D eigenvalue weighted by Gasteiger charge is 2.17. The van der Waals surface area contributed by atoms with Gasteiger partial charge in [-0.05, 0) is 12.3 Å². The summed E-state index contributed by atoms with van der Waals surface area (Å²) in [6.07, 6.45) is 2.88. The zero-order valence-electron chi connectivity index (χ0n) is 9.87. The average Bonchev–Trinajstić information content (AvgIpc) is 2.83. The van der Waals surface area contributed by atoms with Gasteiger partial charge in [-0.2, -0.15) is 0 Å². The minimum atomic E-state index is -0.656. The van der Waals surface area contributed by atoms with Crippen LogP contribution in [0.25, 0.3) is 10.8 Å². The quantitative estimate of drug-likeness (QED) is 0.766. The number of hydrogen-bond acceptors (Lipinski definition) is 4. The summed E-state index contributed by atoms with van der Waals surface area (Å²) in [7, 11) is 0. The van der Waals surface area contributed by atoms with Crippen LogP contribution in [-0.4, -0.2) is 15.1 Å². The first kappa shape index (κ1) is 11.3. The maximum absolute atomic E-state index is 10.5. The number of thiazole rings is 1. The summed E-state index contributed by atoms with van der Waals surface area (Å²) in [6, 6.07) is 7.94.